The molecule has 4 N–H and O–H groups in total. The average molecular weight is 242 g/mol. The summed E-state index contributed by atoms with van der Waals surface area (Å²) >= 11 is 0. The number of hydrogen-bond acceptors (Lipinski definition) is 4. The highest BCUT2D eigenvalue weighted by Gasteiger charge is 2.00. The van der Waals surface area contributed by atoms with Crippen LogP contribution in [0.5, 0.6) is 0 Å². The third-order valence-electron chi connectivity index (χ3n) is 2.89. The van der Waals surface area contributed by atoms with Gasteiger partial charge in [0.25, 0.3) is 0 Å². The van der Waals surface area contributed by atoms with Crippen LogP contribution in [0.4, 0.5) is 11.5 Å². The molecule has 18 heavy (non-hydrogen) atoms. The molecule has 1 heterocycles. The van der Waals surface area contributed by atoms with E-state index in [-0.39, 0.29) is 0 Å². The summed E-state index contributed by atoms with van der Waals surface area (Å²) in [5.74, 6) is 5.99. The van der Waals surface area contributed by atoms with Gasteiger partial charge in [-0.25, -0.2) is 10.8 Å². The summed E-state index contributed by atoms with van der Waals surface area (Å²) in [6.07, 6.45) is 2.77. The molecule has 0 atom stereocenters. The zero-order valence-electron chi connectivity index (χ0n) is 10.5. The maximum Gasteiger partial charge on any atom is 0.141 e. The van der Waals surface area contributed by atoms with Gasteiger partial charge < -0.3 is 10.7 Å². The number of pyridine rings is 1. The molecule has 2 aromatic rings. The molecule has 0 saturated heterocycles. The number of hydrogen-bond donors (Lipinski definition) is 3. The van der Waals surface area contributed by atoms with Gasteiger partial charge in [0.1, 0.15) is 5.82 Å². The SMILES string of the molecule is CCc1ccccc1CNc1ccnc(NN)c1. The minimum Gasteiger partial charge on any atom is -0.381 e. The second-order valence-corrected chi connectivity index (χ2v) is 4.05. The number of anilines is 2. The van der Waals surface area contributed by atoms with Crippen molar-refractivity contribution >= 4 is 11.5 Å². The van der Waals surface area contributed by atoms with Crippen molar-refractivity contribution in [2.75, 3.05) is 10.7 Å². The lowest BCUT2D eigenvalue weighted by molar-refractivity contribution is 1.04. The maximum atomic E-state index is 5.33. The van der Waals surface area contributed by atoms with Crippen molar-refractivity contribution in [3.8, 4) is 0 Å². The topological polar surface area (TPSA) is 63.0 Å². The van der Waals surface area contributed by atoms with Crippen LogP contribution in [0, 0.1) is 0 Å². The smallest absolute Gasteiger partial charge is 0.141 e. The van der Waals surface area contributed by atoms with Crippen LogP contribution in [-0.2, 0) is 13.0 Å². The molecule has 1 aromatic heterocycles. The standard InChI is InChI=1S/C14H18N4/c1-2-11-5-3-4-6-12(11)10-17-13-7-8-16-14(9-13)18-15/h3-9H,2,10,15H2,1H3,(H2,16,17,18). The highest BCUT2D eigenvalue weighted by molar-refractivity contribution is 5.51. The third-order valence-corrected chi connectivity index (χ3v) is 2.89. The van der Waals surface area contributed by atoms with Crippen LogP contribution in [-0.4, -0.2) is 4.98 Å². The van der Waals surface area contributed by atoms with E-state index in [1.807, 2.05) is 12.1 Å². The minimum atomic E-state index is 0.656. The van der Waals surface area contributed by atoms with Gasteiger partial charge in [-0.3, -0.25) is 0 Å². The fraction of sp³-hybridized carbons (Fsp3) is 0.214. The fourth-order valence-electron chi connectivity index (χ4n) is 1.89. The number of nitrogens with zero attached hydrogens (tertiary/aromatic N) is 1. The van der Waals surface area contributed by atoms with Gasteiger partial charge in [-0.05, 0) is 23.6 Å². The van der Waals surface area contributed by atoms with E-state index >= 15 is 0 Å². The molecule has 0 aliphatic rings. The van der Waals surface area contributed by atoms with Crippen LogP contribution in [0.1, 0.15) is 18.1 Å². The lowest BCUT2D eigenvalue weighted by atomic mass is 10.1. The van der Waals surface area contributed by atoms with Crippen LogP contribution in [0.2, 0.25) is 0 Å². The monoisotopic (exact) mass is 242 g/mol. The number of aromatic nitrogens is 1. The molecule has 0 fully saturated rings. The molecule has 0 unspecified atom stereocenters. The lowest BCUT2D eigenvalue weighted by Gasteiger charge is -2.10. The van der Waals surface area contributed by atoms with Crippen molar-refractivity contribution < 1.29 is 0 Å². The lowest BCUT2D eigenvalue weighted by Crippen LogP contribution is -2.09. The molecule has 0 saturated carbocycles. The second-order valence-electron chi connectivity index (χ2n) is 4.05. The average Bonchev–Trinajstić information content (AvgIpc) is 2.45. The predicted octanol–water partition coefficient (Wildman–Crippen LogP) is 2.54. The first kappa shape index (κ1) is 12.4. The number of hydrazine groups is 1. The van der Waals surface area contributed by atoms with Gasteiger partial charge in [-0.1, -0.05) is 31.2 Å². The summed E-state index contributed by atoms with van der Waals surface area (Å²) in [5, 5.41) is 3.37. The number of rotatable bonds is 5. The maximum absolute atomic E-state index is 5.33. The Morgan fingerprint density at radius 1 is 1.17 bits per heavy atom. The predicted molar refractivity (Wildman–Crippen MR) is 75.2 cm³/mol. The van der Waals surface area contributed by atoms with Crippen LogP contribution in [0.15, 0.2) is 42.6 Å². The van der Waals surface area contributed by atoms with Crippen molar-refractivity contribution in [1.29, 1.82) is 0 Å². The summed E-state index contributed by atoms with van der Waals surface area (Å²) in [6, 6.07) is 12.3. The Kier molecular flexibility index (Phi) is 4.15. The number of nitrogens with two attached hydrogens (primary N) is 1. The summed E-state index contributed by atoms with van der Waals surface area (Å²) in [7, 11) is 0. The summed E-state index contributed by atoms with van der Waals surface area (Å²) in [4.78, 5) is 4.07. The van der Waals surface area contributed by atoms with E-state index < -0.39 is 0 Å². The van der Waals surface area contributed by atoms with Gasteiger partial charge in [0, 0.05) is 24.5 Å². The Bertz CT molecular complexity index is 511. The van der Waals surface area contributed by atoms with Crippen molar-refractivity contribution in [3.05, 3.63) is 53.7 Å². The third kappa shape index (κ3) is 2.99. The molecule has 4 heteroatoms. The minimum absolute atomic E-state index is 0.656. The van der Waals surface area contributed by atoms with Crippen LogP contribution in [0.3, 0.4) is 0 Å². The first-order chi connectivity index (χ1) is 8.83. The quantitative estimate of drug-likeness (QED) is 0.557. The van der Waals surface area contributed by atoms with E-state index in [1.54, 1.807) is 6.20 Å². The summed E-state index contributed by atoms with van der Waals surface area (Å²) in [6.45, 7) is 2.97. The normalized spacial score (nSPS) is 10.1. The first-order valence-electron chi connectivity index (χ1n) is 6.06. The summed E-state index contributed by atoms with van der Waals surface area (Å²) < 4.78 is 0. The molecular formula is C14H18N4. The van der Waals surface area contributed by atoms with Gasteiger partial charge in [-0.15, -0.1) is 0 Å². The Morgan fingerprint density at radius 2 is 1.94 bits per heavy atom. The van der Waals surface area contributed by atoms with E-state index in [0.717, 1.165) is 18.7 Å². The van der Waals surface area contributed by atoms with Gasteiger partial charge in [0.15, 0.2) is 0 Å². The van der Waals surface area contributed by atoms with E-state index in [1.165, 1.54) is 11.1 Å². The van der Waals surface area contributed by atoms with Gasteiger partial charge >= 0.3 is 0 Å². The molecule has 0 amide bonds. The number of aryl methyl sites for hydroxylation is 1. The molecular weight excluding hydrogens is 224 g/mol. The number of benzene rings is 1. The van der Waals surface area contributed by atoms with Gasteiger partial charge in [0.2, 0.25) is 0 Å². The highest BCUT2D eigenvalue weighted by Crippen LogP contribution is 2.14. The van der Waals surface area contributed by atoms with E-state index in [9.17, 15) is 0 Å². The summed E-state index contributed by atoms with van der Waals surface area (Å²) in [5.41, 5.74) is 6.23. The highest BCUT2D eigenvalue weighted by atomic mass is 15.2. The first-order valence-corrected chi connectivity index (χ1v) is 6.06. The number of nitrogen functional groups attached to an aromatic ring is 1. The Morgan fingerprint density at radius 3 is 2.67 bits per heavy atom. The van der Waals surface area contributed by atoms with Gasteiger partial charge in [-0.2, -0.15) is 0 Å². The van der Waals surface area contributed by atoms with Crippen LogP contribution >= 0.6 is 0 Å². The molecule has 2 rings (SSSR count). The second kappa shape index (κ2) is 6.02. The fourth-order valence-corrected chi connectivity index (χ4v) is 1.89. The van der Waals surface area contributed by atoms with E-state index in [2.05, 4.69) is 46.9 Å². The molecule has 0 aliphatic carbocycles. The van der Waals surface area contributed by atoms with Crippen molar-refractivity contribution in [2.45, 2.75) is 19.9 Å². The number of nitrogens with one attached hydrogen (secondary N) is 2. The molecule has 0 spiro atoms. The molecule has 0 radical (unpaired) electrons. The van der Waals surface area contributed by atoms with E-state index in [4.69, 9.17) is 5.84 Å². The Hall–Kier alpha value is -2.07. The largest absolute Gasteiger partial charge is 0.381 e. The Labute approximate surface area is 107 Å². The zero-order chi connectivity index (χ0) is 12.8. The van der Waals surface area contributed by atoms with Gasteiger partial charge in [0.05, 0.1) is 0 Å². The molecule has 4 nitrogen and oxygen atoms in total. The molecule has 0 aliphatic heterocycles. The Balaban J connectivity index is 2.06. The van der Waals surface area contributed by atoms with Crippen LogP contribution < -0.4 is 16.6 Å². The van der Waals surface area contributed by atoms with E-state index in [0.29, 0.717) is 5.82 Å². The van der Waals surface area contributed by atoms with Crippen molar-refractivity contribution in [2.24, 2.45) is 5.84 Å². The van der Waals surface area contributed by atoms with Crippen molar-refractivity contribution in [3.63, 3.8) is 0 Å². The van der Waals surface area contributed by atoms with Crippen molar-refractivity contribution in [1.82, 2.24) is 4.98 Å². The van der Waals surface area contributed by atoms with Crippen LogP contribution in [0.25, 0.3) is 0 Å². The molecule has 0 bridgehead atoms. The molecule has 1 aromatic carbocycles. The zero-order valence-corrected chi connectivity index (χ0v) is 10.5. The molecule has 94 valence electrons.